The highest BCUT2D eigenvalue weighted by atomic mass is 32.2. The van der Waals surface area contributed by atoms with Crippen molar-refractivity contribution in [3.05, 3.63) is 59.4 Å². The van der Waals surface area contributed by atoms with Crippen LogP contribution in [0.15, 0.2) is 47.8 Å². The van der Waals surface area contributed by atoms with Gasteiger partial charge in [-0.3, -0.25) is 5.10 Å². The quantitative estimate of drug-likeness (QED) is 0.476. The van der Waals surface area contributed by atoms with Crippen LogP contribution < -0.4 is 11.1 Å². The van der Waals surface area contributed by atoms with Gasteiger partial charge in [-0.25, -0.2) is 9.97 Å². The summed E-state index contributed by atoms with van der Waals surface area (Å²) in [5, 5.41) is 10.7. The number of nitrogen functional groups attached to an aromatic ring is 1. The van der Waals surface area contributed by atoms with E-state index in [1.165, 1.54) is 11.1 Å². The maximum Gasteiger partial charge on any atom is 0.191 e. The number of rotatable bonds is 6. The molecule has 7 heteroatoms. The second-order valence-electron chi connectivity index (χ2n) is 5.17. The Hall–Kier alpha value is -2.54. The first-order valence-electron chi connectivity index (χ1n) is 7.24. The van der Waals surface area contributed by atoms with Gasteiger partial charge in [-0.15, -0.1) is 0 Å². The van der Waals surface area contributed by atoms with Crippen LogP contribution in [0.5, 0.6) is 0 Å². The summed E-state index contributed by atoms with van der Waals surface area (Å²) in [5.74, 6) is 1.97. The normalized spacial score (nSPS) is 10.7. The van der Waals surface area contributed by atoms with Crippen LogP contribution in [0, 0.1) is 6.92 Å². The molecule has 23 heavy (non-hydrogen) atoms. The maximum absolute atomic E-state index is 5.87. The minimum Gasteiger partial charge on any atom is -0.383 e. The number of thioether (sulfide) groups is 1. The topological polar surface area (TPSA) is 92.5 Å². The van der Waals surface area contributed by atoms with E-state index in [1.807, 2.05) is 6.07 Å². The van der Waals surface area contributed by atoms with Crippen LogP contribution in [0.25, 0.3) is 0 Å². The van der Waals surface area contributed by atoms with Crippen molar-refractivity contribution < 1.29 is 0 Å². The summed E-state index contributed by atoms with van der Waals surface area (Å²) in [4.78, 5) is 8.77. The van der Waals surface area contributed by atoms with Gasteiger partial charge in [0.25, 0.3) is 0 Å². The standard InChI is InChI=1S/C16H18N6S/c1-11-2-4-12(5-3-11)10-23-16-20-14(17)8-15(21-16)18-9-13-6-7-19-22-13/h2-8H,9-10H2,1H3,(H,19,22)(H3,17,18,20,21). The molecule has 2 aromatic heterocycles. The van der Waals surface area contributed by atoms with E-state index in [9.17, 15) is 0 Å². The van der Waals surface area contributed by atoms with E-state index >= 15 is 0 Å². The Bertz CT molecular complexity index is 755. The van der Waals surface area contributed by atoms with Gasteiger partial charge in [-0.2, -0.15) is 5.10 Å². The fourth-order valence-corrected chi connectivity index (χ4v) is 2.82. The molecule has 3 rings (SSSR count). The van der Waals surface area contributed by atoms with Crippen molar-refractivity contribution in [2.75, 3.05) is 11.1 Å². The molecule has 0 saturated heterocycles. The Kier molecular flexibility index (Phi) is 4.77. The molecular formula is C16H18N6S. The van der Waals surface area contributed by atoms with Crippen molar-refractivity contribution in [1.82, 2.24) is 20.2 Å². The lowest BCUT2D eigenvalue weighted by molar-refractivity contribution is 0.937. The van der Waals surface area contributed by atoms with E-state index in [1.54, 1.807) is 24.0 Å². The first-order chi connectivity index (χ1) is 11.2. The molecule has 0 fully saturated rings. The van der Waals surface area contributed by atoms with Gasteiger partial charge in [0.2, 0.25) is 0 Å². The van der Waals surface area contributed by atoms with Crippen LogP contribution in [0.3, 0.4) is 0 Å². The highest BCUT2D eigenvalue weighted by Crippen LogP contribution is 2.22. The zero-order valence-corrected chi connectivity index (χ0v) is 13.6. The van der Waals surface area contributed by atoms with E-state index in [4.69, 9.17) is 5.73 Å². The smallest absolute Gasteiger partial charge is 0.191 e. The Labute approximate surface area is 138 Å². The Morgan fingerprint density at radius 3 is 2.74 bits per heavy atom. The number of hydrogen-bond acceptors (Lipinski definition) is 6. The lowest BCUT2D eigenvalue weighted by Crippen LogP contribution is -2.05. The minimum absolute atomic E-state index is 0.457. The van der Waals surface area contributed by atoms with Crippen molar-refractivity contribution >= 4 is 23.4 Å². The third-order valence-corrected chi connectivity index (χ3v) is 4.15. The highest BCUT2D eigenvalue weighted by Gasteiger charge is 2.05. The molecule has 0 saturated carbocycles. The summed E-state index contributed by atoms with van der Waals surface area (Å²) in [7, 11) is 0. The summed E-state index contributed by atoms with van der Waals surface area (Å²) < 4.78 is 0. The van der Waals surface area contributed by atoms with E-state index in [0.717, 1.165) is 11.4 Å². The summed E-state index contributed by atoms with van der Waals surface area (Å²) in [6, 6.07) is 12.1. The summed E-state index contributed by atoms with van der Waals surface area (Å²) in [6.45, 7) is 2.69. The molecule has 0 atom stereocenters. The lowest BCUT2D eigenvalue weighted by Gasteiger charge is -2.07. The largest absolute Gasteiger partial charge is 0.383 e. The van der Waals surface area contributed by atoms with Gasteiger partial charge in [0.05, 0.1) is 12.2 Å². The number of H-pyrrole nitrogens is 1. The third-order valence-electron chi connectivity index (χ3n) is 3.23. The van der Waals surface area contributed by atoms with Gasteiger partial charge in [0, 0.05) is 18.0 Å². The molecule has 3 aromatic rings. The summed E-state index contributed by atoms with van der Waals surface area (Å²) >= 11 is 1.57. The number of hydrogen-bond donors (Lipinski definition) is 3. The van der Waals surface area contributed by atoms with Crippen molar-refractivity contribution in [2.45, 2.75) is 24.4 Å². The lowest BCUT2D eigenvalue weighted by atomic mass is 10.2. The van der Waals surface area contributed by atoms with Gasteiger partial charge in [-0.05, 0) is 18.6 Å². The van der Waals surface area contributed by atoms with Crippen LogP contribution in [-0.2, 0) is 12.3 Å². The van der Waals surface area contributed by atoms with Crippen LogP contribution in [0.1, 0.15) is 16.8 Å². The molecule has 0 unspecified atom stereocenters. The fourth-order valence-electron chi connectivity index (χ4n) is 2.00. The zero-order valence-electron chi connectivity index (χ0n) is 12.8. The van der Waals surface area contributed by atoms with Crippen molar-refractivity contribution in [3.8, 4) is 0 Å². The van der Waals surface area contributed by atoms with Gasteiger partial charge < -0.3 is 11.1 Å². The molecule has 2 heterocycles. The molecule has 6 nitrogen and oxygen atoms in total. The summed E-state index contributed by atoms with van der Waals surface area (Å²) in [6.07, 6.45) is 1.72. The second kappa shape index (κ2) is 7.15. The number of nitrogens with zero attached hydrogens (tertiary/aromatic N) is 3. The molecule has 0 amide bonds. The molecule has 118 valence electrons. The molecule has 0 aliphatic rings. The van der Waals surface area contributed by atoms with Gasteiger partial charge in [0.15, 0.2) is 5.16 Å². The number of aromatic nitrogens is 4. The molecule has 0 radical (unpaired) electrons. The van der Waals surface area contributed by atoms with Gasteiger partial charge in [0.1, 0.15) is 11.6 Å². The Balaban J connectivity index is 1.63. The van der Waals surface area contributed by atoms with Crippen LogP contribution >= 0.6 is 11.8 Å². The van der Waals surface area contributed by atoms with E-state index in [0.29, 0.717) is 23.3 Å². The maximum atomic E-state index is 5.87. The number of nitrogens with one attached hydrogen (secondary N) is 2. The van der Waals surface area contributed by atoms with Crippen molar-refractivity contribution in [1.29, 1.82) is 0 Å². The van der Waals surface area contributed by atoms with Crippen LogP contribution in [-0.4, -0.2) is 20.2 Å². The van der Waals surface area contributed by atoms with Gasteiger partial charge >= 0.3 is 0 Å². The molecule has 0 aliphatic heterocycles. The Morgan fingerprint density at radius 1 is 1.17 bits per heavy atom. The summed E-state index contributed by atoms with van der Waals surface area (Å²) in [5.41, 5.74) is 9.34. The number of aryl methyl sites for hydroxylation is 1. The zero-order chi connectivity index (χ0) is 16.1. The fraction of sp³-hybridized carbons (Fsp3) is 0.188. The van der Waals surface area contributed by atoms with E-state index < -0.39 is 0 Å². The Morgan fingerprint density at radius 2 is 2.00 bits per heavy atom. The van der Waals surface area contributed by atoms with E-state index in [2.05, 4.69) is 56.7 Å². The van der Waals surface area contributed by atoms with Crippen LogP contribution in [0.2, 0.25) is 0 Å². The average Bonchev–Trinajstić information content (AvgIpc) is 3.05. The number of anilines is 2. The third kappa shape index (κ3) is 4.46. The predicted octanol–water partition coefficient (Wildman–Crippen LogP) is 2.99. The number of benzene rings is 1. The molecule has 4 N–H and O–H groups in total. The minimum atomic E-state index is 0.457. The molecular weight excluding hydrogens is 308 g/mol. The average molecular weight is 326 g/mol. The number of aromatic amines is 1. The molecule has 0 bridgehead atoms. The van der Waals surface area contributed by atoms with Crippen molar-refractivity contribution in [3.63, 3.8) is 0 Å². The van der Waals surface area contributed by atoms with Gasteiger partial charge in [-0.1, -0.05) is 41.6 Å². The molecule has 1 aromatic carbocycles. The predicted molar refractivity (Wildman–Crippen MR) is 93.1 cm³/mol. The molecule has 0 spiro atoms. The van der Waals surface area contributed by atoms with E-state index in [-0.39, 0.29) is 0 Å². The highest BCUT2D eigenvalue weighted by molar-refractivity contribution is 7.98. The first kappa shape index (κ1) is 15.4. The van der Waals surface area contributed by atoms with Crippen LogP contribution in [0.4, 0.5) is 11.6 Å². The number of nitrogens with two attached hydrogens (primary N) is 1. The second-order valence-corrected chi connectivity index (χ2v) is 6.11. The molecule has 0 aliphatic carbocycles. The SMILES string of the molecule is Cc1ccc(CSc2nc(N)cc(NCc3ccn[nH]3)n2)cc1. The monoisotopic (exact) mass is 326 g/mol. The first-order valence-corrected chi connectivity index (χ1v) is 8.22. The van der Waals surface area contributed by atoms with Crippen molar-refractivity contribution in [2.24, 2.45) is 0 Å².